The Morgan fingerprint density at radius 1 is 1.25 bits per heavy atom. The van der Waals surface area contributed by atoms with Gasteiger partial charge in [-0.2, -0.15) is 4.68 Å². The molecule has 0 unspecified atom stereocenters. The van der Waals surface area contributed by atoms with Gasteiger partial charge in [0, 0.05) is 46.4 Å². The summed E-state index contributed by atoms with van der Waals surface area (Å²) in [5.74, 6) is -0.0885. The highest BCUT2D eigenvalue weighted by Gasteiger charge is 2.17. The van der Waals surface area contributed by atoms with E-state index in [9.17, 15) is 10.1 Å². The minimum atomic E-state index is -0.467. The Labute approximate surface area is 118 Å². The van der Waals surface area contributed by atoms with E-state index in [0.717, 1.165) is 45.9 Å². The van der Waals surface area contributed by atoms with Crippen LogP contribution in [0.4, 0.5) is 5.82 Å². The molecule has 0 saturated carbocycles. The molecule has 1 aromatic heterocycles. The van der Waals surface area contributed by atoms with Gasteiger partial charge in [-0.15, -0.1) is 0 Å². The molecule has 20 heavy (non-hydrogen) atoms. The van der Waals surface area contributed by atoms with Gasteiger partial charge in [0.15, 0.2) is 0 Å². The fourth-order valence-electron chi connectivity index (χ4n) is 2.27. The third-order valence-corrected chi connectivity index (χ3v) is 3.54. The molecule has 8 heteroatoms. The molecule has 1 aliphatic rings. The molecule has 2 rings (SSSR count). The predicted molar refractivity (Wildman–Crippen MR) is 73.6 cm³/mol. The van der Waals surface area contributed by atoms with Crippen molar-refractivity contribution < 1.29 is 9.66 Å². The van der Waals surface area contributed by atoms with Crippen molar-refractivity contribution >= 4 is 5.82 Å². The van der Waals surface area contributed by atoms with Gasteiger partial charge in [0.1, 0.15) is 0 Å². The average Bonchev–Trinajstić information content (AvgIpc) is 2.93. The first-order chi connectivity index (χ1) is 9.69. The second kappa shape index (κ2) is 7.32. The number of nitrogens with zero attached hydrogens (tertiary/aromatic N) is 5. The van der Waals surface area contributed by atoms with Crippen molar-refractivity contribution in [3.8, 4) is 0 Å². The van der Waals surface area contributed by atoms with E-state index in [2.05, 4.69) is 14.9 Å². The first-order valence-corrected chi connectivity index (χ1v) is 6.80. The van der Waals surface area contributed by atoms with Gasteiger partial charge in [-0.25, -0.2) is 0 Å². The minimum absolute atomic E-state index is 0.0885. The Balaban J connectivity index is 1.69. The Morgan fingerprint density at radius 3 is 2.45 bits per heavy atom. The highest BCUT2D eigenvalue weighted by Crippen LogP contribution is 2.06. The summed E-state index contributed by atoms with van der Waals surface area (Å²) in [5, 5.41) is 14.5. The number of methoxy groups -OCH3 is 1. The van der Waals surface area contributed by atoms with Crippen LogP contribution in [0, 0.1) is 10.1 Å². The SMILES string of the molecule is COCCN1CCN(CCn2ccc([N+](=O)[O-])n2)CC1. The van der Waals surface area contributed by atoms with Gasteiger partial charge in [0.05, 0.1) is 30.5 Å². The topological polar surface area (TPSA) is 76.7 Å². The molecule has 1 fully saturated rings. The summed E-state index contributed by atoms with van der Waals surface area (Å²) in [6.45, 7) is 7.45. The molecule has 0 spiro atoms. The van der Waals surface area contributed by atoms with Gasteiger partial charge in [0.2, 0.25) is 0 Å². The fourth-order valence-corrected chi connectivity index (χ4v) is 2.27. The minimum Gasteiger partial charge on any atom is -0.383 e. The van der Waals surface area contributed by atoms with Crippen molar-refractivity contribution in [3.63, 3.8) is 0 Å². The molecule has 1 saturated heterocycles. The lowest BCUT2D eigenvalue weighted by atomic mass is 10.3. The summed E-state index contributed by atoms with van der Waals surface area (Å²) in [5.41, 5.74) is 0. The monoisotopic (exact) mass is 283 g/mol. The third kappa shape index (κ3) is 4.26. The molecule has 8 nitrogen and oxygen atoms in total. The van der Waals surface area contributed by atoms with Crippen molar-refractivity contribution in [2.75, 3.05) is 53.0 Å². The van der Waals surface area contributed by atoms with Gasteiger partial charge in [-0.1, -0.05) is 0 Å². The fraction of sp³-hybridized carbons (Fsp3) is 0.750. The van der Waals surface area contributed by atoms with E-state index in [1.807, 2.05) is 0 Å². The Morgan fingerprint density at radius 2 is 1.90 bits per heavy atom. The molecular weight excluding hydrogens is 262 g/mol. The summed E-state index contributed by atoms with van der Waals surface area (Å²) in [7, 11) is 1.72. The highest BCUT2D eigenvalue weighted by atomic mass is 16.6. The molecule has 0 radical (unpaired) electrons. The predicted octanol–water partition coefficient (Wildman–Crippen LogP) is 0.0553. The summed E-state index contributed by atoms with van der Waals surface area (Å²) in [6, 6.07) is 1.43. The number of nitro groups is 1. The molecule has 2 heterocycles. The smallest absolute Gasteiger partial charge is 0.383 e. The highest BCUT2D eigenvalue weighted by molar-refractivity contribution is 5.13. The van der Waals surface area contributed by atoms with E-state index < -0.39 is 4.92 Å². The number of rotatable bonds is 7. The van der Waals surface area contributed by atoms with Crippen LogP contribution in [-0.4, -0.2) is 77.5 Å². The zero-order chi connectivity index (χ0) is 14.4. The van der Waals surface area contributed by atoms with Crippen LogP contribution >= 0.6 is 0 Å². The normalized spacial score (nSPS) is 17.4. The summed E-state index contributed by atoms with van der Waals surface area (Å²) in [6.07, 6.45) is 1.66. The van der Waals surface area contributed by atoms with E-state index in [1.165, 1.54) is 6.07 Å². The number of aromatic nitrogens is 2. The van der Waals surface area contributed by atoms with Crippen LogP contribution in [0.1, 0.15) is 0 Å². The number of piperazine rings is 1. The van der Waals surface area contributed by atoms with Gasteiger partial charge in [0.25, 0.3) is 0 Å². The first kappa shape index (κ1) is 14.9. The number of hydrogen-bond acceptors (Lipinski definition) is 6. The number of ether oxygens (including phenoxy) is 1. The van der Waals surface area contributed by atoms with Gasteiger partial charge in [-0.05, 0) is 4.92 Å². The molecule has 0 amide bonds. The van der Waals surface area contributed by atoms with E-state index in [1.54, 1.807) is 18.0 Å². The zero-order valence-corrected chi connectivity index (χ0v) is 11.8. The molecule has 0 atom stereocenters. The van der Waals surface area contributed by atoms with E-state index >= 15 is 0 Å². The zero-order valence-electron chi connectivity index (χ0n) is 11.8. The second-order valence-corrected chi connectivity index (χ2v) is 4.87. The lowest BCUT2D eigenvalue weighted by Crippen LogP contribution is -2.47. The standard InChI is InChI=1S/C12H21N5O3/c1-20-11-10-15-6-4-14(5-7-15)8-9-16-3-2-12(13-16)17(18)19/h2-3H,4-11H2,1H3. The van der Waals surface area contributed by atoms with E-state index in [4.69, 9.17) is 4.74 Å². The Kier molecular flexibility index (Phi) is 5.45. The largest absolute Gasteiger partial charge is 0.389 e. The molecule has 1 aromatic rings. The maximum absolute atomic E-state index is 10.5. The van der Waals surface area contributed by atoms with Crippen molar-refractivity contribution in [2.45, 2.75) is 6.54 Å². The van der Waals surface area contributed by atoms with Crippen molar-refractivity contribution in [3.05, 3.63) is 22.4 Å². The Hall–Kier alpha value is -1.51. The van der Waals surface area contributed by atoms with Crippen LogP contribution in [0.5, 0.6) is 0 Å². The summed E-state index contributed by atoms with van der Waals surface area (Å²) < 4.78 is 6.71. The maximum Gasteiger partial charge on any atom is 0.389 e. The Bertz CT molecular complexity index is 428. The van der Waals surface area contributed by atoms with Crippen molar-refractivity contribution in [1.29, 1.82) is 0 Å². The van der Waals surface area contributed by atoms with Crippen LogP contribution in [0.2, 0.25) is 0 Å². The first-order valence-electron chi connectivity index (χ1n) is 6.80. The van der Waals surface area contributed by atoms with Crippen LogP contribution in [0.3, 0.4) is 0 Å². The quantitative estimate of drug-likeness (QED) is 0.520. The van der Waals surface area contributed by atoms with Crippen LogP contribution < -0.4 is 0 Å². The average molecular weight is 283 g/mol. The van der Waals surface area contributed by atoms with E-state index in [0.29, 0.717) is 6.54 Å². The lowest BCUT2D eigenvalue weighted by Gasteiger charge is -2.34. The number of hydrogen-bond donors (Lipinski definition) is 0. The molecule has 112 valence electrons. The van der Waals surface area contributed by atoms with Crippen LogP contribution in [-0.2, 0) is 11.3 Å². The third-order valence-electron chi connectivity index (χ3n) is 3.54. The molecule has 0 aliphatic carbocycles. The van der Waals surface area contributed by atoms with Crippen LogP contribution in [0.15, 0.2) is 12.3 Å². The van der Waals surface area contributed by atoms with Crippen molar-refractivity contribution in [2.24, 2.45) is 0 Å². The van der Waals surface area contributed by atoms with Crippen LogP contribution in [0.25, 0.3) is 0 Å². The molecule has 0 aromatic carbocycles. The van der Waals surface area contributed by atoms with Gasteiger partial charge < -0.3 is 14.9 Å². The molecule has 0 bridgehead atoms. The maximum atomic E-state index is 10.5. The lowest BCUT2D eigenvalue weighted by molar-refractivity contribution is -0.389. The van der Waals surface area contributed by atoms with Crippen molar-refractivity contribution in [1.82, 2.24) is 19.6 Å². The summed E-state index contributed by atoms with van der Waals surface area (Å²) in [4.78, 5) is 14.8. The molecular formula is C12H21N5O3. The molecule has 0 N–H and O–H groups in total. The second-order valence-electron chi connectivity index (χ2n) is 4.87. The van der Waals surface area contributed by atoms with E-state index in [-0.39, 0.29) is 5.82 Å². The van der Waals surface area contributed by atoms with Gasteiger partial charge >= 0.3 is 5.82 Å². The summed E-state index contributed by atoms with van der Waals surface area (Å²) >= 11 is 0. The van der Waals surface area contributed by atoms with Gasteiger partial charge in [-0.3, -0.25) is 9.80 Å². The molecule has 1 aliphatic heterocycles.